The Balaban J connectivity index is 0.00000264. The van der Waals surface area contributed by atoms with Crippen molar-refractivity contribution in [1.29, 1.82) is 0 Å². The molecule has 2 unspecified atom stereocenters. The molecule has 0 bridgehead atoms. The third-order valence-corrected chi connectivity index (χ3v) is 7.74. The topological polar surface area (TPSA) is 75.3 Å². The van der Waals surface area contributed by atoms with Gasteiger partial charge in [0.15, 0.2) is 9.84 Å². The molecule has 1 saturated heterocycles. The van der Waals surface area contributed by atoms with Gasteiger partial charge in [0.25, 0.3) is 0 Å². The number of amides is 1. The molecular weight excluding hydrogens is 336 g/mol. The summed E-state index contributed by atoms with van der Waals surface area (Å²) in [6, 6.07) is 0.0593. The van der Waals surface area contributed by atoms with E-state index < -0.39 is 15.1 Å². The van der Waals surface area contributed by atoms with E-state index in [1.807, 2.05) is 13.8 Å². The molecule has 5 nitrogen and oxygen atoms in total. The lowest BCUT2D eigenvalue weighted by Crippen LogP contribution is -2.53. The van der Waals surface area contributed by atoms with Crippen LogP contribution in [-0.2, 0) is 14.6 Å². The fraction of sp³-hybridized carbons (Fsp3) is 0.938. The van der Waals surface area contributed by atoms with Gasteiger partial charge in [-0.25, -0.2) is 8.42 Å². The first kappa shape index (κ1) is 20.7. The summed E-state index contributed by atoms with van der Waals surface area (Å²) < 4.78 is 25.9. The highest BCUT2D eigenvalue weighted by Gasteiger charge is 2.41. The van der Waals surface area contributed by atoms with Crippen LogP contribution in [0, 0.1) is 5.92 Å². The van der Waals surface area contributed by atoms with Gasteiger partial charge in [-0.05, 0) is 38.1 Å². The predicted molar refractivity (Wildman–Crippen MR) is 95.7 cm³/mol. The SMILES string of the molecule is CC(C)C(C(=O)NC1CCCNC1)S(=O)(=O)C1CCCCC1.Cl. The lowest BCUT2D eigenvalue weighted by molar-refractivity contribution is -0.122. The Hall–Kier alpha value is -0.330. The van der Waals surface area contributed by atoms with Gasteiger partial charge in [0.2, 0.25) is 5.91 Å². The number of piperidine rings is 1. The normalized spacial score (nSPS) is 24.7. The molecule has 2 aliphatic rings. The number of hydrogen-bond donors (Lipinski definition) is 2. The lowest BCUT2D eigenvalue weighted by atomic mass is 10.0. The number of carbonyl (C=O) groups excluding carboxylic acids is 1. The molecule has 0 aromatic carbocycles. The minimum atomic E-state index is -3.41. The zero-order valence-corrected chi connectivity index (χ0v) is 15.8. The second kappa shape index (κ2) is 9.23. The molecule has 0 aromatic heterocycles. The molecule has 1 amide bonds. The summed E-state index contributed by atoms with van der Waals surface area (Å²) in [6.45, 7) is 5.38. The van der Waals surface area contributed by atoms with E-state index in [9.17, 15) is 13.2 Å². The van der Waals surface area contributed by atoms with Crippen LogP contribution < -0.4 is 10.6 Å². The van der Waals surface area contributed by atoms with Crippen LogP contribution in [0.25, 0.3) is 0 Å². The highest BCUT2D eigenvalue weighted by molar-refractivity contribution is 7.93. The Bertz CT molecular complexity index is 470. The average molecular weight is 367 g/mol. The van der Waals surface area contributed by atoms with Crippen molar-refractivity contribution in [3.05, 3.63) is 0 Å². The van der Waals surface area contributed by atoms with Gasteiger partial charge in [0.1, 0.15) is 5.25 Å². The van der Waals surface area contributed by atoms with Crippen LogP contribution in [0.3, 0.4) is 0 Å². The molecule has 1 saturated carbocycles. The maximum atomic E-state index is 12.9. The molecular formula is C16H31ClN2O3S. The van der Waals surface area contributed by atoms with Gasteiger partial charge in [-0.15, -0.1) is 12.4 Å². The van der Waals surface area contributed by atoms with Gasteiger partial charge < -0.3 is 10.6 Å². The van der Waals surface area contributed by atoms with E-state index in [-0.39, 0.29) is 35.5 Å². The van der Waals surface area contributed by atoms with Gasteiger partial charge in [-0.2, -0.15) is 0 Å². The third-order valence-electron chi connectivity index (χ3n) is 4.88. The summed E-state index contributed by atoms with van der Waals surface area (Å²) in [5.41, 5.74) is 0. The maximum Gasteiger partial charge on any atom is 0.238 e. The quantitative estimate of drug-likeness (QED) is 0.780. The van der Waals surface area contributed by atoms with Crippen molar-refractivity contribution < 1.29 is 13.2 Å². The first-order valence-electron chi connectivity index (χ1n) is 8.66. The second-order valence-corrected chi connectivity index (χ2v) is 9.42. The van der Waals surface area contributed by atoms with E-state index in [1.165, 1.54) is 0 Å². The van der Waals surface area contributed by atoms with E-state index in [0.717, 1.165) is 45.2 Å². The molecule has 23 heavy (non-hydrogen) atoms. The van der Waals surface area contributed by atoms with Crippen LogP contribution in [-0.4, -0.2) is 44.0 Å². The van der Waals surface area contributed by atoms with Crippen molar-refractivity contribution in [2.75, 3.05) is 13.1 Å². The third kappa shape index (κ3) is 5.33. The minimum Gasteiger partial charge on any atom is -0.351 e. The monoisotopic (exact) mass is 366 g/mol. The Labute approximate surface area is 146 Å². The molecule has 2 N–H and O–H groups in total. The fourth-order valence-electron chi connectivity index (χ4n) is 3.69. The molecule has 2 rings (SSSR count). The number of nitrogens with one attached hydrogen (secondary N) is 2. The van der Waals surface area contributed by atoms with E-state index >= 15 is 0 Å². The van der Waals surface area contributed by atoms with Gasteiger partial charge in [-0.3, -0.25) is 4.79 Å². The number of carbonyl (C=O) groups is 1. The van der Waals surface area contributed by atoms with Crippen LogP contribution in [0.4, 0.5) is 0 Å². The Kier molecular flexibility index (Phi) is 8.31. The van der Waals surface area contributed by atoms with Crippen molar-refractivity contribution >= 4 is 28.2 Å². The van der Waals surface area contributed by atoms with Gasteiger partial charge in [0.05, 0.1) is 5.25 Å². The number of rotatable bonds is 5. The van der Waals surface area contributed by atoms with E-state index in [0.29, 0.717) is 12.8 Å². The molecule has 1 heterocycles. The Morgan fingerprint density at radius 2 is 1.74 bits per heavy atom. The number of sulfone groups is 1. The van der Waals surface area contributed by atoms with Crippen LogP contribution in [0.2, 0.25) is 0 Å². The lowest BCUT2D eigenvalue weighted by Gasteiger charge is -2.31. The van der Waals surface area contributed by atoms with Crippen LogP contribution in [0.1, 0.15) is 58.8 Å². The van der Waals surface area contributed by atoms with Gasteiger partial charge >= 0.3 is 0 Å². The van der Waals surface area contributed by atoms with Crippen molar-refractivity contribution in [3.63, 3.8) is 0 Å². The summed E-state index contributed by atoms with van der Waals surface area (Å²) in [6.07, 6.45) is 6.40. The van der Waals surface area contributed by atoms with E-state index in [1.54, 1.807) is 0 Å². The second-order valence-electron chi connectivity index (χ2n) is 7.07. The highest BCUT2D eigenvalue weighted by atomic mass is 35.5. The summed E-state index contributed by atoms with van der Waals surface area (Å²) >= 11 is 0. The molecule has 0 spiro atoms. The maximum absolute atomic E-state index is 12.9. The zero-order valence-electron chi connectivity index (χ0n) is 14.2. The van der Waals surface area contributed by atoms with Gasteiger partial charge in [-0.1, -0.05) is 33.1 Å². The van der Waals surface area contributed by atoms with Crippen LogP contribution in [0.5, 0.6) is 0 Å². The Morgan fingerprint density at radius 1 is 1.09 bits per heavy atom. The molecule has 2 fully saturated rings. The smallest absolute Gasteiger partial charge is 0.238 e. The summed E-state index contributed by atoms with van der Waals surface area (Å²) in [4.78, 5) is 12.6. The summed E-state index contributed by atoms with van der Waals surface area (Å²) in [5, 5.41) is 4.98. The summed E-state index contributed by atoms with van der Waals surface area (Å²) in [7, 11) is -3.41. The van der Waals surface area contributed by atoms with E-state index in [2.05, 4.69) is 10.6 Å². The van der Waals surface area contributed by atoms with Gasteiger partial charge in [0, 0.05) is 12.6 Å². The largest absolute Gasteiger partial charge is 0.351 e. The zero-order chi connectivity index (χ0) is 16.2. The molecule has 1 aliphatic carbocycles. The highest BCUT2D eigenvalue weighted by Crippen LogP contribution is 2.29. The van der Waals surface area contributed by atoms with Crippen molar-refractivity contribution in [2.24, 2.45) is 5.92 Å². The standard InChI is InChI=1S/C16H30N2O3S.ClH/c1-12(2)15(16(19)18-13-7-6-10-17-11-13)22(20,21)14-8-4-3-5-9-14;/h12-15,17H,3-11H2,1-2H3,(H,18,19);1H. The van der Waals surface area contributed by atoms with Crippen molar-refractivity contribution in [3.8, 4) is 0 Å². The molecule has 1 aliphatic heterocycles. The van der Waals surface area contributed by atoms with Crippen molar-refractivity contribution in [2.45, 2.75) is 75.3 Å². The molecule has 2 atom stereocenters. The number of hydrogen-bond acceptors (Lipinski definition) is 4. The van der Waals surface area contributed by atoms with Crippen LogP contribution >= 0.6 is 12.4 Å². The summed E-state index contributed by atoms with van der Waals surface area (Å²) in [5.74, 6) is -0.488. The van der Waals surface area contributed by atoms with E-state index in [4.69, 9.17) is 0 Å². The molecule has 0 aromatic rings. The first-order chi connectivity index (χ1) is 10.4. The Morgan fingerprint density at radius 3 is 2.26 bits per heavy atom. The molecule has 136 valence electrons. The first-order valence-corrected chi connectivity index (χ1v) is 10.3. The average Bonchev–Trinajstić information content (AvgIpc) is 2.48. The molecule has 0 radical (unpaired) electrons. The fourth-order valence-corrected chi connectivity index (χ4v) is 6.22. The predicted octanol–water partition coefficient (Wildman–Crippen LogP) is 2.05. The molecule has 7 heteroatoms. The minimum absolute atomic E-state index is 0. The van der Waals surface area contributed by atoms with Crippen LogP contribution in [0.15, 0.2) is 0 Å². The van der Waals surface area contributed by atoms with Crippen molar-refractivity contribution in [1.82, 2.24) is 10.6 Å². The number of halogens is 1.